The van der Waals surface area contributed by atoms with Crippen molar-refractivity contribution in [2.45, 2.75) is 40.7 Å². The molecule has 156 valence electrons. The molecule has 0 bridgehead atoms. The van der Waals surface area contributed by atoms with Crippen LogP contribution in [0.15, 0.2) is 24.3 Å². The van der Waals surface area contributed by atoms with Crippen LogP contribution in [0.3, 0.4) is 0 Å². The van der Waals surface area contributed by atoms with Gasteiger partial charge in [-0.1, -0.05) is 11.6 Å². The standard InChI is InChI=1S/C21H25ClN2O4S/c1-6-24(7-2)20(26)17-13(5)16(21(27)28-12(3)4)19(29-17)23-18(25)14-8-10-15(22)11-9-14/h8-12H,6-7H2,1-5H3,(H,23,25). The van der Waals surface area contributed by atoms with Gasteiger partial charge in [0, 0.05) is 23.7 Å². The molecule has 8 heteroatoms. The number of hydrogen-bond acceptors (Lipinski definition) is 5. The lowest BCUT2D eigenvalue weighted by molar-refractivity contribution is 0.0379. The van der Waals surface area contributed by atoms with Crippen LogP contribution in [0, 0.1) is 6.92 Å². The van der Waals surface area contributed by atoms with Crippen LogP contribution in [0.4, 0.5) is 5.00 Å². The molecule has 0 radical (unpaired) electrons. The molecule has 29 heavy (non-hydrogen) atoms. The second kappa shape index (κ2) is 9.89. The Morgan fingerprint density at radius 3 is 2.24 bits per heavy atom. The van der Waals surface area contributed by atoms with Gasteiger partial charge in [-0.3, -0.25) is 9.59 Å². The fourth-order valence-corrected chi connectivity index (χ4v) is 4.04. The number of carbonyl (C=O) groups is 3. The molecule has 1 N–H and O–H groups in total. The largest absolute Gasteiger partial charge is 0.459 e. The summed E-state index contributed by atoms with van der Waals surface area (Å²) in [5.41, 5.74) is 1.10. The third-order valence-electron chi connectivity index (χ3n) is 4.27. The Labute approximate surface area is 179 Å². The highest BCUT2D eigenvalue weighted by Crippen LogP contribution is 2.35. The fourth-order valence-electron chi connectivity index (χ4n) is 2.76. The number of halogens is 1. The quantitative estimate of drug-likeness (QED) is 0.619. The molecule has 0 aliphatic heterocycles. The van der Waals surface area contributed by atoms with Gasteiger partial charge in [0.25, 0.3) is 11.8 Å². The average molecular weight is 437 g/mol. The summed E-state index contributed by atoms with van der Waals surface area (Å²) in [6.07, 6.45) is -0.330. The number of benzene rings is 1. The maximum Gasteiger partial charge on any atom is 0.341 e. The zero-order valence-electron chi connectivity index (χ0n) is 17.2. The summed E-state index contributed by atoms with van der Waals surface area (Å²) in [6.45, 7) is 10.1. The molecule has 2 aromatic rings. The van der Waals surface area contributed by atoms with Crippen LogP contribution in [-0.2, 0) is 4.74 Å². The smallest absolute Gasteiger partial charge is 0.341 e. The van der Waals surface area contributed by atoms with Crippen molar-refractivity contribution in [2.75, 3.05) is 18.4 Å². The lowest BCUT2D eigenvalue weighted by Crippen LogP contribution is -2.30. The van der Waals surface area contributed by atoms with Crippen LogP contribution in [0.5, 0.6) is 0 Å². The number of nitrogens with zero attached hydrogens (tertiary/aromatic N) is 1. The molecule has 0 saturated heterocycles. The summed E-state index contributed by atoms with van der Waals surface area (Å²) in [5, 5.41) is 3.57. The Kier molecular flexibility index (Phi) is 7.81. The van der Waals surface area contributed by atoms with E-state index in [4.69, 9.17) is 16.3 Å². The molecule has 0 aliphatic carbocycles. The van der Waals surface area contributed by atoms with Crippen molar-refractivity contribution in [2.24, 2.45) is 0 Å². The van der Waals surface area contributed by atoms with E-state index < -0.39 is 11.9 Å². The summed E-state index contributed by atoms with van der Waals surface area (Å²) in [6, 6.07) is 6.40. The van der Waals surface area contributed by atoms with Gasteiger partial charge in [-0.05, 0) is 64.4 Å². The number of carbonyl (C=O) groups excluding carboxylic acids is 3. The average Bonchev–Trinajstić information content (AvgIpc) is 2.98. The second-order valence-electron chi connectivity index (χ2n) is 6.65. The highest BCUT2D eigenvalue weighted by molar-refractivity contribution is 7.18. The van der Waals surface area contributed by atoms with Crippen molar-refractivity contribution in [3.05, 3.63) is 50.9 Å². The summed E-state index contributed by atoms with van der Waals surface area (Å²) >= 11 is 6.96. The number of amides is 2. The van der Waals surface area contributed by atoms with Crippen molar-refractivity contribution < 1.29 is 19.1 Å². The number of esters is 1. The Balaban J connectivity index is 2.46. The van der Waals surface area contributed by atoms with Crippen molar-refractivity contribution in [1.29, 1.82) is 0 Å². The molecule has 0 atom stereocenters. The summed E-state index contributed by atoms with van der Waals surface area (Å²) < 4.78 is 5.34. The molecular weight excluding hydrogens is 412 g/mol. The fraction of sp³-hybridized carbons (Fsp3) is 0.381. The third kappa shape index (κ3) is 5.36. The first-order valence-electron chi connectivity index (χ1n) is 9.40. The van der Waals surface area contributed by atoms with Crippen LogP contribution in [0.25, 0.3) is 0 Å². The Morgan fingerprint density at radius 1 is 1.14 bits per heavy atom. The molecule has 1 aromatic carbocycles. The monoisotopic (exact) mass is 436 g/mol. The van der Waals surface area contributed by atoms with E-state index in [0.29, 0.717) is 39.1 Å². The van der Waals surface area contributed by atoms with E-state index >= 15 is 0 Å². The van der Waals surface area contributed by atoms with E-state index in [0.717, 1.165) is 11.3 Å². The van der Waals surface area contributed by atoms with Gasteiger partial charge >= 0.3 is 5.97 Å². The highest BCUT2D eigenvalue weighted by Gasteiger charge is 2.29. The molecule has 0 saturated carbocycles. The van der Waals surface area contributed by atoms with E-state index in [9.17, 15) is 14.4 Å². The maximum atomic E-state index is 12.9. The molecule has 0 spiro atoms. The SMILES string of the molecule is CCN(CC)C(=O)c1sc(NC(=O)c2ccc(Cl)cc2)c(C(=O)OC(C)C)c1C. The van der Waals surface area contributed by atoms with Gasteiger partial charge < -0.3 is 15.0 Å². The van der Waals surface area contributed by atoms with Crippen LogP contribution >= 0.6 is 22.9 Å². The number of hydrogen-bond donors (Lipinski definition) is 1. The van der Waals surface area contributed by atoms with Crippen molar-refractivity contribution >= 4 is 45.7 Å². The van der Waals surface area contributed by atoms with Crippen molar-refractivity contribution in [3.63, 3.8) is 0 Å². The lowest BCUT2D eigenvalue weighted by atomic mass is 10.1. The number of nitrogens with one attached hydrogen (secondary N) is 1. The topological polar surface area (TPSA) is 75.7 Å². The lowest BCUT2D eigenvalue weighted by Gasteiger charge is -2.18. The van der Waals surface area contributed by atoms with Crippen LogP contribution in [-0.4, -0.2) is 41.9 Å². The molecular formula is C21H25ClN2O4S. The minimum Gasteiger partial charge on any atom is -0.459 e. The highest BCUT2D eigenvalue weighted by atomic mass is 35.5. The van der Waals surface area contributed by atoms with E-state index in [-0.39, 0.29) is 17.6 Å². The van der Waals surface area contributed by atoms with Gasteiger partial charge in [0.05, 0.1) is 16.5 Å². The number of anilines is 1. The van der Waals surface area contributed by atoms with Crippen LogP contribution < -0.4 is 5.32 Å². The van der Waals surface area contributed by atoms with Gasteiger partial charge in [-0.2, -0.15) is 0 Å². The van der Waals surface area contributed by atoms with E-state index in [1.807, 2.05) is 13.8 Å². The van der Waals surface area contributed by atoms with E-state index in [2.05, 4.69) is 5.32 Å². The zero-order chi connectivity index (χ0) is 21.7. The Morgan fingerprint density at radius 2 is 1.72 bits per heavy atom. The summed E-state index contributed by atoms with van der Waals surface area (Å²) in [4.78, 5) is 40.3. The van der Waals surface area contributed by atoms with Gasteiger partial charge in [0.15, 0.2) is 0 Å². The third-order valence-corrected chi connectivity index (χ3v) is 5.72. The van der Waals surface area contributed by atoms with Crippen LogP contribution in [0.2, 0.25) is 5.02 Å². The molecule has 0 unspecified atom stereocenters. The molecule has 1 heterocycles. The minimum absolute atomic E-state index is 0.178. The maximum absolute atomic E-state index is 12.9. The Bertz CT molecular complexity index is 902. The van der Waals surface area contributed by atoms with E-state index in [1.165, 1.54) is 0 Å². The first-order valence-corrected chi connectivity index (χ1v) is 10.6. The molecule has 6 nitrogen and oxygen atoms in total. The summed E-state index contributed by atoms with van der Waals surface area (Å²) in [7, 11) is 0. The van der Waals surface area contributed by atoms with E-state index in [1.54, 1.807) is 49.9 Å². The number of ether oxygens (including phenoxy) is 1. The van der Waals surface area contributed by atoms with Gasteiger partial charge in [-0.15, -0.1) is 11.3 Å². The zero-order valence-corrected chi connectivity index (χ0v) is 18.7. The predicted octanol–water partition coefficient (Wildman–Crippen LogP) is 5.01. The van der Waals surface area contributed by atoms with Gasteiger partial charge in [0.1, 0.15) is 5.00 Å². The first kappa shape index (κ1) is 22.9. The summed E-state index contributed by atoms with van der Waals surface area (Å²) in [5.74, 6) is -1.15. The van der Waals surface area contributed by atoms with Gasteiger partial charge in [-0.25, -0.2) is 4.79 Å². The molecule has 1 aromatic heterocycles. The molecule has 2 amide bonds. The molecule has 2 rings (SSSR count). The normalized spacial score (nSPS) is 10.7. The first-order chi connectivity index (χ1) is 13.7. The van der Waals surface area contributed by atoms with Crippen molar-refractivity contribution in [1.82, 2.24) is 4.90 Å². The van der Waals surface area contributed by atoms with Crippen molar-refractivity contribution in [3.8, 4) is 0 Å². The molecule has 0 fully saturated rings. The van der Waals surface area contributed by atoms with Crippen LogP contribution in [0.1, 0.15) is 63.6 Å². The second-order valence-corrected chi connectivity index (χ2v) is 8.11. The van der Waals surface area contributed by atoms with Gasteiger partial charge in [0.2, 0.25) is 0 Å². The Hall–Kier alpha value is -2.38. The number of rotatable bonds is 7. The predicted molar refractivity (Wildman–Crippen MR) is 116 cm³/mol. The number of thiophene rings is 1. The minimum atomic E-state index is -0.571. The molecule has 0 aliphatic rings.